The molecular weight excluding hydrogens is 200 g/mol. The minimum atomic E-state index is 0.672. The Morgan fingerprint density at radius 2 is 2.00 bits per heavy atom. The molecule has 0 saturated carbocycles. The molecule has 0 radical (unpaired) electrons. The molecule has 1 aromatic carbocycles. The number of likely N-dealkylation sites (N-methyl/N-ethyl adjacent to an activating group) is 1. The van der Waals surface area contributed by atoms with Crippen LogP contribution >= 0.6 is 0 Å². The van der Waals surface area contributed by atoms with Crippen molar-refractivity contribution in [3.05, 3.63) is 23.8 Å². The molecule has 0 bridgehead atoms. The minimum Gasteiger partial charge on any atom is -0.495 e. The number of hydrogen-bond donors (Lipinski definition) is 0. The Hall–Kier alpha value is -1.22. The van der Waals surface area contributed by atoms with Crippen molar-refractivity contribution in [2.24, 2.45) is 0 Å². The summed E-state index contributed by atoms with van der Waals surface area (Å²) in [4.78, 5) is 4.64. The zero-order valence-corrected chi connectivity index (χ0v) is 10.5. The van der Waals surface area contributed by atoms with Gasteiger partial charge in [0.1, 0.15) is 5.75 Å². The van der Waals surface area contributed by atoms with E-state index in [1.54, 1.807) is 7.11 Å². The lowest BCUT2D eigenvalue weighted by Gasteiger charge is -2.44. The number of nitrogens with zero attached hydrogens (tertiary/aromatic N) is 2. The number of anilines is 1. The molecule has 0 atom stereocenters. The van der Waals surface area contributed by atoms with E-state index < -0.39 is 0 Å². The number of methoxy groups -OCH3 is 1. The monoisotopic (exact) mass is 220 g/mol. The Kier molecular flexibility index (Phi) is 3.06. The van der Waals surface area contributed by atoms with Crippen LogP contribution in [0, 0.1) is 6.92 Å². The highest BCUT2D eigenvalue weighted by Gasteiger charge is 2.29. The van der Waals surface area contributed by atoms with Gasteiger partial charge in [0.25, 0.3) is 0 Å². The Balaban J connectivity index is 2.11. The fraction of sp³-hybridized carbons (Fsp3) is 0.538. The molecule has 2 rings (SSSR count). The average molecular weight is 220 g/mol. The number of aryl methyl sites for hydroxylation is 1. The van der Waals surface area contributed by atoms with Crippen molar-refractivity contribution >= 4 is 5.69 Å². The Morgan fingerprint density at radius 1 is 1.31 bits per heavy atom. The smallest absolute Gasteiger partial charge is 0.142 e. The summed E-state index contributed by atoms with van der Waals surface area (Å²) >= 11 is 0. The lowest BCUT2D eigenvalue weighted by atomic mass is 10.1. The van der Waals surface area contributed by atoms with Gasteiger partial charge in [0, 0.05) is 19.1 Å². The predicted molar refractivity (Wildman–Crippen MR) is 67.4 cm³/mol. The second kappa shape index (κ2) is 4.34. The van der Waals surface area contributed by atoms with Crippen molar-refractivity contribution in [3.8, 4) is 5.75 Å². The molecule has 0 aromatic heterocycles. The summed E-state index contributed by atoms with van der Waals surface area (Å²) in [5.74, 6) is 0.984. The van der Waals surface area contributed by atoms with Crippen LogP contribution in [0.15, 0.2) is 18.2 Å². The molecule has 0 N–H and O–H groups in total. The molecule has 3 heteroatoms. The van der Waals surface area contributed by atoms with E-state index in [4.69, 9.17) is 4.74 Å². The van der Waals surface area contributed by atoms with Gasteiger partial charge in [0.15, 0.2) is 0 Å². The van der Waals surface area contributed by atoms with E-state index in [-0.39, 0.29) is 0 Å². The maximum Gasteiger partial charge on any atom is 0.142 e. The molecule has 0 aliphatic carbocycles. The van der Waals surface area contributed by atoms with Crippen molar-refractivity contribution < 1.29 is 4.74 Å². The van der Waals surface area contributed by atoms with E-state index in [2.05, 4.69) is 49.0 Å². The van der Waals surface area contributed by atoms with Gasteiger partial charge >= 0.3 is 0 Å². The SMILES string of the molecule is COc1cc(C)ccc1N1CC(N(C)C)C1. The average Bonchev–Trinajstić information content (AvgIpc) is 2.17. The first-order chi connectivity index (χ1) is 7.61. The van der Waals surface area contributed by atoms with Crippen LogP contribution in [0.3, 0.4) is 0 Å². The summed E-state index contributed by atoms with van der Waals surface area (Å²) < 4.78 is 5.42. The number of ether oxygens (including phenoxy) is 1. The van der Waals surface area contributed by atoms with Crippen molar-refractivity contribution in [2.75, 3.05) is 39.2 Å². The highest BCUT2D eigenvalue weighted by molar-refractivity contribution is 5.61. The van der Waals surface area contributed by atoms with Crippen molar-refractivity contribution in [3.63, 3.8) is 0 Å². The lowest BCUT2D eigenvalue weighted by molar-refractivity contribution is 0.245. The normalized spacial score (nSPS) is 16.4. The molecule has 0 amide bonds. The van der Waals surface area contributed by atoms with Crippen molar-refractivity contribution in [1.82, 2.24) is 4.90 Å². The minimum absolute atomic E-state index is 0.672. The highest BCUT2D eigenvalue weighted by Crippen LogP contribution is 2.32. The fourth-order valence-corrected chi connectivity index (χ4v) is 2.02. The summed E-state index contributed by atoms with van der Waals surface area (Å²) in [6, 6.07) is 7.06. The molecule has 1 aliphatic rings. The first-order valence-electron chi connectivity index (χ1n) is 5.68. The van der Waals surface area contributed by atoms with Gasteiger partial charge in [-0.05, 0) is 38.7 Å². The van der Waals surface area contributed by atoms with Crippen LogP contribution in [0.5, 0.6) is 5.75 Å². The van der Waals surface area contributed by atoms with Gasteiger partial charge in [0.2, 0.25) is 0 Å². The summed E-state index contributed by atoms with van der Waals surface area (Å²) in [5, 5.41) is 0. The first-order valence-corrected chi connectivity index (χ1v) is 5.68. The number of rotatable bonds is 3. The molecule has 88 valence electrons. The molecule has 1 saturated heterocycles. The van der Waals surface area contributed by atoms with E-state index in [1.807, 2.05) is 0 Å². The second-order valence-electron chi connectivity index (χ2n) is 4.70. The molecule has 3 nitrogen and oxygen atoms in total. The maximum atomic E-state index is 5.42. The van der Waals surface area contributed by atoms with Crippen LogP contribution in [0.4, 0.5) is 5.69 Å². The van der Waals surface area contributed by atoms with Crippen molar-refractivity contribution in [2.45, 2.75) is 13.0 Å². The van der Waals surface area contributed by atoms with Crippen LogP contribution in [-0.2, 0) is 0 Å². The van der Waals surface area contributed by atoms with Gasteiger partial charge in [-0.25, -0.2) is 0 Å². The Labute approximate surface area is 97.6 Å². The lowest BCUT2D eigenvalue weighted by Crippen LogP contribution is -2.57. The molecule has 1 heterocycles. The van der Waals surface area contributed by atoms with Crippen molar-refractivity contribution in [1.29, 1.82) is 0 Å². The zero-order chi connectivity index (χ0) is 11.7. The molecule has 1 aromatic rings. The van der Waals surface area contributed by atoms with Gasteiger partial charge in [-0.3, -0.25) is 0 Å². The molecule has 1 fully saturated rings. The van der Waals surface area contributed by atoms with Gasteiger partial charge in [-0.2, -0.15) is 0 Å². The summed E-state index contributed by atoms with van der Waals surface area (Å²) in [6.07, 6.45) is 0. The fourth-order valence-electron chi connectivity index (χ4n) is 2.02. The van der Waals surface area contributed by atoms with Gasteiger partial charge in [-0.15, -0.1) is 0 Å². The summed E-state index contributed by atoms with van der Waals surface area (Å²) in [7, 11) is 6.00. The van der Waals surface area contributed by atoms with Gasteiger partial charge in [0.05, 0.1) is 12.8 Å². The summed E-state index contributed by atoms with van der Waals surface area (Å²) in [6.45, 7) is 4.27. The van der Waals surface area contributed by atoms with Gasteiger partial charge < -0.3 is 14.5 Å². The standard InChI is InChI=1S/C13H20N2O/c1-10-5-6-12(13(7-10)16-4)15-8-11(9-15)14(2)3/h5-7,11H,8-9H2,1-4H3. The predicted octanol–water partition coefficient (Wildman–Crippen LogP) is 1.75. The second-order valence-corrected chi connectivity index (χ2v) is 4.70. The molecule has 0 spiro atoms. The first kappa shape index (κ1) is 11.3. The maximum absolute atomic E-state index is 5.42. The van der Waals surface area contributed by atoms with Crippen LogP contribution in [0.1, 0.15) is 5.56 Å². The third-order valence-corrected chi connectivity index (χ3v) is 3.27. The Morgan fingerprint density at radius 3 is 2.56 bits per heavy atom. The summed E-state index contributed by atoms with van der Waals surface area (Å²) in [5.41, 5.74) is 2.46. The largest absolute Gasteiger partial charge is 0.495 e. The molecule has 1 aliphatic heterocycles. The van der Waals surface area contributed by atoms with Crippen LogP contribution in [0.25, 0.3) is 0 Å². The Bertz CT molecular complexity index is 370. The number of benzene rings is 1. The molecular formula is C13H20N2O. The van der Waals surface area contributed by atoms with Gasteiger partial charge in [-0.1, -0.05) is 6.07 Å². The quantitative estimate of drug-likeness (QED) is 0.772. The van der Waals surface area contributed by atoms with Crippen LogP contribution < -0.4 is 9.64 Å². The zero-order valence-electron chi connectivity index (χ0n) is 10.5. The third kappa shape index (κ3) is 2.00. The number of hydrogen-bond acceptors (Lipinski definition) is 3. The molecule has 0 unspecified atom stereocenters. The van der Waals surface area contributed by atoms with E-state index in [0.29, 0.717) is 6.04 Å². The highest BCUT2D eigenvalue weighted by atomic mass is 16.5. The van der Waals surface area contributed by atoms with Crippen LogP contribution in [-0.4, -0.2) is 45.2 Å². The topological polar surface area (TPSA) is 15.7 Å². The van der Waals surface area contributed by atoms with E-state index in [0.717, 1.165) is 18.8 Å². The van der Waals surface area contributed by atoms with E-state index >= 15 is 0 Å². The third-order valence-electron chi connectivity index (χ3n) is 3.27. The van der Waals surface area contributed by atoms with Crippen LogP contribution in [0.2, 0.25) is 0 Å². The van der Waals surface area contributed by atoms with E-state index in [9.17, 15) is 0 Å². The molecule has 16 heavy (non-hydrogen) atoms. The van der Waals surface area contributed by atoms with E-state index in [1.165, 1.54) is 11.3 Å².